The fourth-order valence-corrected chi connectivity index (χ4v) is 6.55. The topological polar surface area (TPSA) is 141 Å². The number of amides is 2. The highest BCUT2D eigenvalue weighted by Gasteiger charge is 2.45. The molecule has 3 fully saturated rings. The third-order valence-electron chi connectivity index (χ3n) is 9.40. The average Bonchev–Trinajstić information content (AvgIpc) is 3.62. The minimum Gasteiger partial charge on any atom is -0.355 e. The van der Waals surface area contributed by atoms with Gasteiger partial charge in [-0.3, -0.25) is 14.5 Å². The van der Waals surface area contributed by atoms with Gasteiger partial charge in [0, 0.05) is 57.9 Å². The van der Waals surface area contributed by atoms with Gasteiger partial charge in [0.25, 0.3) is 11.7 Å². The number of nitrogens with zero attached hydrogens (tertiary/aromatic N) is 7. The number of hydroxylamine groups is 1. The summed E-state index contributed by atoms with van der Waals surface area (Å²) in [6.07, 6.45) is -3.74. The summed E-state index contributed by atoms with van der Waals surface area (Å²) in [5.74, 6) is -6.22. The van der Waals surface area contributed by atoms with E-state index in [1.165, 1.54) is 4.52 Å². The van der Waals surface area contributed by atoms with Gasteiger partial charge in [-0.1, -0.05) is 5.16 Å². The molecule has 1 aliphatic carbocycles. The molecule has 1 saturated carbocycles. The highest BCUT2D eigenvalue weighted by Crippen LogP contribution is 2.41. The number of fused-ring (bicyclic) bond motifs is 1. The lowest BCUT2D eigenvalue weighted by Crippen LogP contribution is -2.48. The molecule has 46 heavy (non-hydrogen) atoms. The quantitative estimate of drug-likeness (QED) is 0.382. The fourth-order valence-electron chi connectivity index (χ4n) is 6.55. The summed E-state index contributed by atoms with van der Waals surface area (Å²) in [5, 5.41) is 13.8. The van der Waals surface area contributed by atoms with Crippen molar-refractivity contribution in [1.29, 1.82) is 0 Å². The molecule has 2 saturated heterocycles. The molecule has 4 atom stereocenters. The van der Waals surface area contributed by atoms with Crippen molar-refractivity contribution in [2.24, 2.45) is 22.9 Å². The number of imidazole rings is 1. The smallest absolute Gasteiger partial charge is 0.355 e. The molecule has 0 spiro atoms. The summed E-state index contributed by atoms with van der Waals surface area (Å²) >= 11 is 0. The lowest BCUT2D eigenvalue weighted by Gasteiger charge is -2.34. The summed E-state index contributed by atoms with van der Waals surface area (Å²) < 4.78 is 70.3. The first kappa shape index (κ1) is 32.3. The van der Waals surface area contributed by atoms with E-state index in [0.29, 0.717) is 43.4 Å². The van der Waals surface area contributed by atoms with Crippen LogP contribution in [0.3, 0.4) is 0 Å². The van der Waals surface area contributed by atoms with E-state index < -0.39 is 54.4 Å². The van der Waals surface area contributed by atoms with Crippen LogP contribution in [0.5, 0.6) is 0 Å². The Morgan fingerprint density at radius 3 is 2.54 bits per heavy atom. The SMILES string of the molecule is CC1NON=C1C(=O)NC(c1cn2nc(CC3CC(C(F)(F)F)CNC3=O)c(N3CCN(C)CC3)nc2n1)C1CCC(F)(F)CC1. The number of carbonyl (C=O) groups is 2. The summed E-state index contributed by atoms with van der Waals surface area (Å²) in [5.41, 5.74) is 3.35. The van der Waals surface area contributed by atoms with E-state index in [1.807, 2.05) is 11.9 Å². The molecule has 2 amide bonds. The number of anilines is 1. The number of oxime groups is 1. The van der Waals surface area contributed by atoms with Crippen LogP contribution in [0.2, 0.25) is 0 Å². The van der Waals surface area contributed by atoms with E-state index in [9.17, 15) is 31.5 Å². The first-order valence-electron chi connectivity index (χ1n) is 15.5. The van der Waals surface area contributed by atoms with Gasteiger partial charge >= 0.3 is 6.18 Å². The van der Waals surface area contributed by atoms with Gasteiger partial charge in [-0.05, 0) is 39.2 Å². The number of piperidine rings is 1. The normalized spacial score (nSPS) is 26.8. The molecule has 0 radical (unpaired) electrons. The first-order chi connectivity index (χ1) is 21.8. The lowest BCUT2D eigenvalue weighted by atomic mass is 9.81. The predicted molar refractivity (Wildman–Crippen MR) is 154 cm³/mol. The largest absolute Gasteiger partial charge is 0.393 e. The Kier molecular flexibility index (Phi) is 8.77. The van der Waals surface area contributed by atoms with Crippen LogP contribution in [0, 0.1) is 17.8 Å². The van der Waals surface area contributed by atoms with Crippen molar-refractivity contribution in [3.63, 3.8) is 0 Å². The van der Waals surface area contributed by atoms with Gasteiger partial charge < -0.3 is 20.4 Å². The van der Waals surface area contributed by atoms with Crippen LogP contribution in [-0.2, 0) is 20.9 Å². The zero-order valence-electron chi connectivity index (χ0n) is 25.5. The number of nitrogens with one attached hydrogen (secondary N) is 3. The molecule has 13 nitrogen and oxygen atoms in total. The second-order valence-electron chi connectivity index (χ2n) is 12.8. The van der Waals surface area contributed by atoms with Gasteiger partial charge in [-0.25, -0.2) is 18.3 Å². The Labute approximate surface area is 261 Å². The van der Waals surface area contributed by atoms with Crippen molar-refractivity contribution in [1.82, 2.24) is 40.6 Å². The van der Waals surface area contributed by atoms with E-state index in [-0.39, 0.29) is 55.9 Å². The molecule has 0 bridgehead atoms. The maximum atomic E-state index is 14.1. The van der Waals surface area contributed by atoms with E-state index in [4.69, 9.17) is 15.0 Å². The van der Waals surface area contributed by atoms with Crippen LogP contribution in [0.4, 0.5) is 27.8 Å². The van der Waals surface area contributed by atoms with Crippen LogP contribution in [0.1, 0.15) is 56.5 Å². The molecular formula is C28H37F5N10O3. The Morgan fingerprint density at radius 1 is 1.17 bits per heavy atom. The number of aromatic nitrogens is 4. The third-order valence-corrected chi connectivity index (χ3v) is 9.40. The van der Waals surface area contributed by atoms with Crippen molar-refractivity contribution in [3.05, 3.63) is 17.6 Å². The highest BCUT2D eigenvalue weighted by molar-refractivity contribution is 6.40. The molecule has 4 aliphatic rings. The standard InChI is InChI=1S/C28H37F5N10O3/c1-15-21(40-46-39-15)25(45)36-22(16-3-5-27(29,30)6-4-16)20-14-43-26(35-20)37-23(42-9-7-41(2)8-10-42)19(38-43)12-17-11-18(28(31,32)33)13-34-24(17)44/h14-18,22,39H,3-13H2,1-2H3,(H,34,44)(H,36,45). The molecule has 18 heteroatoms. The molecule has 5 heterocycles. The Bertz CT molecular complexity index is 1480. The number of rotatable bonds is 7. The van der Waals surface area contributed by atoms with Gasteiger partial charge in [-0.2, -0.15) is 23.3 Å². The molecule has 2 aromatic rings. The van der Waals surface area contributed by atoms with Gasteiger partial charge in [-0.15, -0.1) is 5.48 Å². The van der Waals surface area contributed by atoms with Crippen LogP contribution in [0.15, 0.2) is 11.4 Å². The predicted octanol–water partition coefficient (Wildman–Crippen LogP) is 2.00. The van der Waals surface area contributed by atoms with Gasteiger partial charge in [0.05, 0.1) is 29.9 Å². The van der Waals surface area contributed by atoms with Crippen LogP contribution in [-0.4, -0.2) is 99.9 Å². The van der Waals surface area contributed by atoms with E-state index >= 15 is 0 Å². The maximum Gasteiger partial charge on any atom is 0.393 e. The number of hydrogen-bond donors (Lipinski definition) is 3. The summed E-state index contributed by atoms with van der Waals surface area (Å²) in [7, 11) is 1.98. The van der Waals surface area contributed by atoms with Crippen LogP contribution < -0.4 is 21.0 Å². The fraction of sp³-hybridized carbons (Fsp3) is 0.714. The second kappa shape index (κ2) is 12.5. The zero-order valence-corrected chi connectivity index (χ0v) is 25.5. The third kappa shape index (κ3) is 6.86. The van der Waals surface area contributed by atoms with Gasteiger partial charge in [0.2, 0.25) is 11.8 Å². The van der Waals surface area contributed by atoms with E-state index in [0.717, 1.165) is 0 Å². The number of piperazine rings is 1. The number of alkyl halides is 5. The number of hydrogen-bond acceptors (Lipinski definition) is 10. The van der Waals surface area contributed by atoms with E-state index in [1.54, 1.807) is 13.1 Å². The average molecular weight is 657 g/mol. The molecule has 2 aromatic heterocycles. The minimum absolute atomic E-state index is 0.0703. The highest BCUT2D eigenvalue weighted by atomic mass is 19.4. The molecular weight excluding hydrogens is 619 g/mol. The van der Waals surface area contributed by atoms with Crippen molar-refractivity contribution in [2.45, 2.75) is 69.6 Å². The van der Waals surface area contributed by atoms with Gasteiger partial charge in [0.1, 0.15) is 5.69 Å². The number of likely N-dealkylation sites (N-methyl/N-ethyl adjacent to an activating group) is 1. The van der Waals surface area contributed by atoms with Crippen LogP contribution >= 0.6 is 0 Å². The Morgan fingerprint density at radius 2 is 1.89 bits per heavy atom. The van der Waals surface area contributed by atoms with E-state index in [2.05, 4.69) is 31.2 Å². The first-order valence-corrected chi connectivity index (χ1v) is 15.5. The zero-order chi connectivity index (χ0) is 32.8. The monoisotopic (exact) mass is 656 g/mol. The van der Waals surface area contributed by atoms with Crippen molar-refractivity contribution in [2.75, 3.05) is 44.7 Å². The van der Waals surface area contributed by atoms with Crippen molar-refractivity contribution >= 4 is 29.1 Å². The molecule has 252 valence electrons. The molecule has 3 N–H and O–H groups in total. The maximum absolute atomic E-state index is 14.1. The van der Waals surface area contributed by atoms with Crippen molar-refractivity contribution in [3.8, 4) is 0 Å². The Hall–Kier alpha value is -3.67. The molecule has 4 unspecified atom stereocenters. The molecule has 6 rings (SSSR count). The second-order valence-corrected chi connectivity index (χ2v) is 12.8. The lowest BCUT2D eigenvalue weighted by molar-refractivity contribution is -0.183. The van der Waals surface area contributed by atoms with Crippen LogP contribution in [0.25, 0.3) is 5.78 Å². The summed E-state index contributed by atoms with van der Waals surface area (Å²) in [6.45, 7) is 3.81. The minimum atomic E-state index is -4.45. The molecule has 0 aromatic carbocycles. The summed E-state index contributed by atoms with van der Waals surface area (Å²) in [4.78, 5) is 44.3. The number of carbonyl (C=O) groups excluding carboxylic acids is 2. The summed E-state index contributed by atoms with van der Waals surface area (Å²) in [6, 6.07) is -1.28. The Balaban J connectivity index is 1.35. The van der Waals surface area contributed by atoms with Crippen molar-refractivity contribution < 1.29 is 36.5 Å². The number of halogens is 5. The van der Waals surface area contributed by atoms with Gasteiger partial charge in [0.15, 0.2) is 11.5 Å². The molecule has 3 aliphatic heterocycles.